The Morgan fingerprint density at radius 1 is 1.08 bits per heavy atom. The summed E-state index contributed by atoms with van der Waals surface area (Å²) in [5.74, 6) is -1.23. The van der Waals surface area contributed by atoms with Crippen LogP contribution in [0.25, 0.3) is 0 Å². The van der Waals surface area contributed by atoms with Crippen LogP contribution in [0.2, 0.25) is 5.02 Å². The van der Waals surface area contributed by atoms with Crippen LogP contribution in [0.3, 0.4) is 0 Å². The quantitative estimate of drug-likeness (QED) is 0.453. The number of halogens is 1. The van der Waals surface area contributed by atoms with Crippen LogP contribution >= 0.6 is 11.6 Å². The molecule has 0 bridgehead atoms. The maximum Gasteiger partial charge on any atom is 0.332 e. The number of nitrogens with zero attached hydrogens (tertiary/aromatic N) is 4. The van der Waals surface area contributed by atoms with E-state index in [4.69, 9.17) is 16.3 Å². The molecule has 1 aliphatic heterocycles. The molecule has 184 valence electrons. The molecule has 0 unspecified atom stereocenters. The number of aliphatic carboxylic acids is 1. The van der Waals surface area contributed by atoms with Crippen molar-refractivity contribution in [2.24, 2.45) is 10.9 Å². The van der Waals surface area contributed by atoms with Crippen molar-refractivity contribution in [3.05, 3.63) is 83.5 Å². The van der Waals surface area contributed by atoms with E-state index in [0.29, 0.717) is 22.3 Å². The van der Waals surface area contributed by atoms with Crippen molar-refractivity contribution < 1.29 is 24.2 Å². The SMILES string of the molecule is C[C@@H](CN1C(=O)CC(=Nc2ccc(Oc3ccccn3)cc2)N(Cc2ccc(Cl)cc2)C1=O)C(=O)O. The van der Waals surface area contributed by atoms with Gasteiger partial charge in [0.1, 0.15) is 11.6 Å². The molecule has 0 aliphatic carbocycles. The number of urea groups is 1. The van der Waals surface area contributed by atoms with Gasteiger partial charge in [-0.05, 0) is 48.0 Å². The number of hydrogen-bond acceptors (Lipinski definition) is 6. The summed E-state index contributed by atoms with van der Waals surface area (Å²) in [6, 6.07) is 18.5. The van der Waals surface area contributed by atoms with Crippen LogP contribution in [0.1, 0.15) is 18.9 Å². The zero-order valence-electron chi connectivity index (χ0n) is 19.4. The molecule has 1 aliphatic rings. The van der Waals surface area contributed by atoms with Crippen LogP contribution in [0.4, 0.5) is 10.5 Å². The lowest BCUT2D eigenvalue weighted by molar-refractivity contribution is -0.142. The van der Waals surface area contributed by atoms with Gasteiger partial charge in [-0.1, -0.05) is 36.7 Å². The summed E-state index contributed by atoms with van der Waals surface area (Å²) in [5, 5.41) is 9.81. The second-order valence-electron chi connectivity index (χ2n) is 8.21. The summed E-state index contributed by atoms with van der Waals surface area (Å²) in [5.41, 5.74) is 1.30. The Kier molecular flexibility index (Phi) is 7.60. The van der Waals surface area contributed by atoms with Gasteiger partial charge >= 0.3 is 12.0 Å². The van der Waals surface area contributed by atoms with E-state index in [9.17, 15) is 19.5 Å². The summed E-state index contributed by atoms with van der Waals surface area (Å²) in [6.07, 6.45) is 1.47. The summed E-state index contributed by atoms with van der Waals surface area (Å²) in [6.45, 7) is 1.36. The third kappa shape index (κ3) is 6.05. The Labute approximate surface area is 212 Å². The normalized spacial score (nSPS) is 15.8. The largest absolute Gasteiger partial charge is 0.481 e. The molecule has 0 spiro atoms. The van der Waals surface area contributed by atoms with Crippen molar-refractivity contribution in [3.63, 3.8) is 0 Å². The fraction of sp³-hybridized carbons (Fsp3) is 0.192. The maximum atomic E-state index is 13.3. The van der Waals surface area contributed by atoms with Crippen LogP contribution in [0.5, 0.6) is 11.6 Å². The Balaban J connectivity index is 1.60. The molecule has 2 aromatic carbocycles. The van der Waals surface area contributed by atoms with Crippen molar-refractivity contribution in [2.75, 3.05) is 6.54 Å². The van der Waals surface area contributed by atoms with Crippen LogP contribution in [0.15, 0.2) is 77.9 Å². The highest BCUT2D eigenvalue weighted by Gasteiger charge is 2.38. The van der Waals surface area contributed by atoms with E-state index in [0.717, 1.165) is 10.5 Å². The average Bonchev–Trinajstić information content (AvgIpc) is 2.87. The minimum absolute atomic E-state index is 0.140. The Bertz CT molecular complexity index is 1280. The second-order valence-corrected chi connectivity index (χ2v) is 8.64. The molecule has 1 N–H and O–H groups in total. The third-order valence-electron chi connectivity index (χ3n) is 5.47. The first-order valence-electron chi connectivity index (χ1n) is 11.2. The van der Waals surface area contributed by atoms with E-state index in [-0.39, 0.29) is 25.3 Å². The van der Waals surface area contributed by atoms with Crippen LogP contribution in [0, 0.1) is 5.92 Å². The number of carbonyl (C=O) groups excluding carboxylic acids is 2. The van der Waals surface area contributed by atoms with Crippen molar-refractivity contribution in [2.45, 2.75) is 19.9 Å². The number of pyridine rings is 1. The standard InChI is InChI=1S/C26H23ClN4O5/c1-17(25(33)34)15-31-24(32)14-22(30(26(31)35)16-18-5-7-19(27)8-6-18)29-20-9-11-21(12-10-20)36-23-4-2-3-13-28-23/h2-13,17H,14-16H2,1H3,(H,33,34)/t17-/m0/s1. The number of rotatable bonds is 8. The molecule has 1 fully saturated rings. The number of benzene rings is 2. The highest BCUT2D eigenvalue weighted by atomic mass is 35.5. The summed E-state index contributed by atoms with van der Waals surface area (Å²) >= 11 is 5.99. The fourth-order valence-corrected chi connectivity index (χ4v) is 3.64. The zero-order chi connectivity index (χ0) is 25.7. The van der Waals surface area contributed by atoms with E-state index < -0.39 is 23.8 Å². The molecular formula is C26H23ClN4O5. The number of hydrogen-bond donors (Lipinski definition) is 1. The lowest BCUT2D eigenvalue weighted by atomic mass is 10.1. The molecule has 1 atom stereocenters. The van der Waals surface area contributed by atoms with Crippen molar-refractivity contribution in [3.8, 4) is 11.6 Å². The molecule has 0 saturated carbocycles. The third-order valence-corrected chi connectivity index (χ3v) is 5.72. The molecule has 4 rings (SSSR count). The number of carboxylic acids is 1. The minimum Gasteiger partial charge on any atom is -0.481 e. The monoisotopic (exact) mass is 506 g/mol. The van der Waals surface area contributed by atoms with Gasteiger partial charge in [0.05, 0.1) is 24.6 Å². The van der Waals surface area contributed by atoms with Crippen molar-refractivity contribution >= 4 is 41.0 Å². The van der Waals surface area contributed by atoms with Crippen LogP contribution in [-0.4, -0.2) is 50.2 Å². The Morgan fingerprint density at radius 2 is 1.81 bits per heavy atom. The number of amides is 3. The molecule has 2 heterocycles. The van der Waals surface area contributed by atoms with Crippen molar-refractivity contribution in [1.29, 1.82) is 0 Å². The number of aliphatic imine (C=N–C) groups is 1. The van der Waals surface area contributed by atoms with Crippen molar-refractivity contribution in [1.82, 2.24) is 14.8 Å². The summed E-state index contributed by atoms with van der Waals surface area (Å²) < 4.78 is 5.69. The summed E-state index contributed by atoms with van der Waals surface area (Å²) in [7, 11) is 0. The molecular weight excluding hydrogens is 484 g/mol. The van der Waals surface area contributed by atoms with E-state index in [1.807, 2.05) is 6.07 Å². The number of carboxylic acid groups (broad SMARTS) is 1. The first-order valence-corrected chi connectivity index (χ1v) is 11.5. The molecule has 36 heavy (non-hydrogen) atoms. The van der Waals surface area contributed by atoms with Gasteiger partial charge < -0.3 is 9.84 Å². The van der Waals surface area contributed by atoms with Gasteiger partial charge in [-0.3, -0.25) is 19.4 Å². The van der Waals surface area contributed by atoms with Gasteiger partial charge in [-0.15, -0.1) is 0 Å². The topological polar surface area (TPSA) is 112 Å². The molecule has 3 aromatic rings. The predicted octanol–water partition coefficient (Wildman–Crippen LogP) is 5.13. The van der Waals surface area contributed by atoms with Crippen LogP contribution in [-0.2, 0) is 16.1 Å². The molecule has 0 radical (unpaired) electrons. The Morgan fingerprint density at radius 3 is 2.44 bits per heavy atom. The van der Waals surface area contributed by atoms with Gasteiger partial charge in [0, 0.05) is 23.8 Å². The highest BCUT2D eigenvalue weighted by Crippen LogP contribution is 2.25. The number of aromatic nitrogens is 1. The number of amidine groups is 1. The first kappa shape index (κ1) is 24.9. The minimum atomic E-state index is -1.09. The number of carbonyl (C=O) groups is 3. The van der Waals surface area contributed by atoms with Gasteiger partial charge in [-0.2, -0.15) is 0 Å². The fourth-order valence-electron chi connectivity index (χ4n) is 3.52. The lowest BCUT2D eigenvalue weighted by Gasteiger charge is -2.35. The van der Waals surface area contributed by atoms with Gasteiger partial charge in [0.15, 0.2) is 0 Å². The van der Waals surface area contributed by atoms with E-state index in [1.165, 1.54) is 11.8 Å². The molecule has 9 nitrogen and oxygen atoms in total. The predicted molar refractivity (Wildman–Crippen MR) is 133 cm³/mol. The van der Waals surface area contributed by atoms with E-state index >= 15 is 0 Å². The molecule has 1 aromatic heterocycles. The highest BCUT2D eigenvalue weighted by molar-refractivity contribution is 6.30. The van der Waals surface area contributed by atoms with Gasteiger partial charge in [0.25, 0.3) is 0 Å². The smallest absolute Gasteiger partial charge is 0.332 e. The molecule has 10 heteroatoms. The maximum absolute atomic E-state index is 13.3. The van der Waals surface area contributed by atoms with E-state index in [2.05, 4.69) is 9.98 Å². The molecule has 1 saturated heterocycles. The lowest BCUT2D eigenvalue weighted by Crippen LogP contribution is -2.56. The average molecular weight is 507 g/mol. The number of imide groups is 1. The van der Waals surface area contributed by atoms with Gasteiger partial charge in [-0.25, -0.2) is 14.8 Å². The summed E-state index contributed by atoms with van der Waals surface area (Å²) in [4.78, 5) is 48.5. The van der Waals surface area contributed by atoms with E-state index in [1.54, 1.807) is 66.9 Å². The first-order chi connectivity index (χ1) is 17.3. The van der Waals surface area contributed by atoms with Crippen LogP contribution < -0.4 is 4.74 Å². The second kappa shape index (κ2) is 11.0. The zero-order valence-corrected chi connectivity index (χ0v) is 20.1. The number of ether oxygens (including phenoxy) is 1. The Hall–Kier alpha value is -4.24. The van der Waals surface area contributed by atoms with Gasteiger partial charge in [0.2, 0.25) is 11.8 Å². The molecule has 3 amide bonds.